The molecule has 1 fully saturated rings. The van der Waals surface area contributed by atoms with Crippen LogP contribution in [0.4, 0.5) is 4.39 Å². The molecule has 104 valence electrons. The van der Waals surface area contributed by atoms with Crippen molar-refractivity contribution in [2.24, 2.45) is 0 Å². The van der Waals surface area contributed by atoms with Crippen LogP contribution in [0.3, 0.4) is 0 Å². The number of hydrogen-bond donors (Lipinski definition) is 1. The summed E-state index contributed by atoms with van der Waals surface area (Å²) in [6.45, 7) is 1.78. The molecule has 3 nitrogen and oxygen atoms in total. The van der Waals surface area contributed by atoms with Crippen LogP contribution < -0.4 is 5.32 Å². The number of rotatable bonds is 2. The predicted octanol–water partition coefficient (Wildman–Crippen LogP) is 2.91. The topological polar surface area (TPSA) is 32.3 Å². The molecule has 0 saturated carbocycles. The fourth-order valence-electron chi connectivity index (χ4n) is 2.21. The Bertz CT molecular complexity index is 492. The van der Waals surface area contributed by atoms with Gasteiger partial charge in [-0.2, -0.15) is 0 Å². The highest BCUT2D eigenvalue weighted by Gasteiger charge is 2.24. The van der Waals surface area contributed by atoms with E-state index in [0.29, 0.717) is 9.13 Å². The van der Waals surface area contributed by atoms with Crippen molar-refractivity contribution >= 4 is 40.1 Å². The zero-order valence-electron chi connectivity index (χ0n) is 10.5. The van der Waals surface area contributed by atoms with Crippen molar-refractivity contribution in [3.63, 3.8) is 0 Å². The summed E-state index contributed by atoms with van der Waals surface area (Å²) in [4.78, 5) is 14.1. The highest BCUT2D eigenvalue weighted by Crippen LogP contribution is 2.24. The van der Waals surface area contributed by atoms with E-state index in [4.69, 9.17) is 11.6 Å². The quantitative estimate of drug-likeness (QED) is 0.616. The van der Waals surface area contributed by atoms with Gasteiger partial charge in [-0.05, 0) is 54.1 Å². The molecular formula is C13H15ClFIN2O. The highest BCUT2D eigenvalue weighted by molar-refractivity contribution is 14.1. The van der Waals surface area contributed by atoms with E-state index in [2.05, 4.69) is 5.32 Å². The van der Waals surface area contributed by atoms with Crippen LogP contribution in [-0.4, -0.2) is 37.0 Å². The molecule has 1 aliphatic rings. The van der Waals surface area contributed by atoms with Gasteiger partial charge >= 0.3 is 0 Å². The fourth-order valence-corrected chi connectivity index (χ4v) is 2.90. The van der Waals surface area contributed by atoms with Gasteiger partial charge in [-0.25, -0.2) is 4.39 Å². The molecule has 1 N–H and O–H groups in total. The summed E-state index contributed by atoms with van der Waals surface area (Å²) in [6, 6.07) is 2.87. The van der Waals surface area contributed by atoms with Crippen molar-refractivity contribution in [1.82, 2.24) is 10.2 Å². The molecule has 19 heavy (non-hydrogen) atoms. The van der Waals surface area contributed by atoms with Gasteiger partial charge in [0, 0.05) is 23.2 Å². The average molecular weight is 397 g/mol. The first kappa shape index (κ1) is 15.0. The molecule has 2 rings (SSSR count). The van der Waals surface area contributed by atoms with Crippen LogP contribution in [0.15, 0.2) is 12.1 Å². The van der Waals surface area contributed by atoms with E-state index in [9.17, 15) is 9.18 Å². The molecule has 1 aromatic carbocycles. The maximum Gasteiger partial charge on any atom is 0.255 e. The lowest BCUT2D eigenvalue weighted by Gasteiger charge is -2.32. The van der Waals surface area contributed by atoms with Gasteiger partial charge in [0.25, 0.3) is 5.91 Å². The molecule has 1 aromatic rings. The number of piperidine rings is 1. The van der Waals surface area contributed by atoms with Gasteiger partial charge in [0.05, 0.1) is 10.6 Å². The third kappa shape index (κ3) is 3.38. The molecule has 0 spiro atoms. The van der Waals surface area contributed by atoms with E-state index < -0.39 is 5.82 Å². The Kier molecular flexibility index (Phi) is 5.03. The Morgan fingerprint density at radius 3 is 2.95 bits per heavy atom. The molecular weight excluding hydrogens is 382 g/mol. The molecule has 0 aliphatic carbocycles. The standard InChI is InChI=1S/C13H15ClFIN2O/c1-18(8-3-2-4-17-7-8)13(19)9-5-12(16)11(15)6-10(9)14/h5-6,8,17H,2-4,7H2,1H3/t8-/m1/s1. The lowest BCUT2D eigenvalue weighted by molar-refractivity contribution is 0.0708. The molecule has 1 amide bonds. The fraction of sp³-hybridized carbons (Fsp3) is 0.462. The van der Waals surface area contributed by atoms with Gasteiger partial charge in [-0.15, -0.1) is 0 Å². The highest BCUT2D eigenvalue weighted by atomic mass is 127. The molecule has 0 radical (unpaired) electrons. The van der Waals surface area contributed by atoms with E-state index >= 15 is 0 Å². The number of carbonyl (C=O) groups excluding carboxylic acids is 1. The predicted molar refractivity (Wildman–Crippen MR) is 82.1 cm³/mol. The number of hydrogen-bond acceptors (Lipinski definition) is 2. The molecule has 1 heterocycles. The average Bonchev–Trinajstić information content (AvgIpc) is 2.42. The summed E-state index contributed by atoms with van der Waals surface area (Å²) in [5.74, 6) is -0.555. The zero-order chi connectivity index (χ0) is 14.0. The number of nitrogens with one attached hydrogen (secondary N) is 1. The van der Waals surface area contributed by atoms with Crippen molar-refractivity contribution in [3.05, 3.63) is 32.1 Å². The van der Waals surface area contributed by atoms with E-state index in [-0.39, 0.29) is 17.0 Å². The number of benzene rings is 1. The Balaban J connectivity index is 2.21. The van der Waals surface area contributed by atoms with Gasteiger partial charge in [-0.3, -0.25) is 4.79 Å². The van der Waals surface area contributed by atoms with Crippen molar-refractivity contribution in [1.29, 1.82) is 0 Å². The van der Waals surface area contributed by atoms with Crippen LogP contribution in [0.5, 0.6) is 0 Å². The number of carbonyl (C=O) groups is 1. The number of halogens is 3. The van der Waals surface area contributed by atoms with Crippen LogP contribution in [0, 0.1) is 9.39 Å². The summed E-state index contributed by atoms with van der Waals surface area (Å²) < 4.78 is 13.8. The van der Waals surface area contributed by atoms with Crippen molar-refractivity contribution < 1.29 is 9.18 Å². The van der Waals surface area contributed by atoms with Gasteiger partial charge in [0.1, 0.15) is 5.82 Å². The first-order valence-corrected chi connectivity index (χ1v) is 7.59. The Labute approximate surface area is 130 Å². The molecule has 6 heteroatoms. The largest absolute Gasteiger partial charge is 0.337 e. The van der Waals surface area contributed by atoms with E-state index in [0.717, 1.165) is 25.9 Å². The maximum atomic E-state index is 13.4. The molecule has 1 aliphatic heterocycles. The second-order valence-electron chi connectivity index (χ2n) is 4.66. The molecule has 1 atom stereocenters. The first-order chi connectivity index (χ1) is 9.00. The zero-order valence-corrected chi connectivity index (χ0v) is 13.5. The molecule has 0 unspecified atom stereocenters. The van der Waals surface area contributed by atoms with E-state index in [1.165, 1.54) is 12.1 Å². The lowest BCUT2D eigenvalue weighted by atomic mass is 10.1. The lowest BCUT2D eigenvalue weighted by Crippen LogP contribution is -2.46. The van der Waals surface area contributed by atoms with Crippen LogP contribution in [0.1, 0.15) is 23.2 Å². The second kappa shape index (κ2) is 6.37. The Hall–Kier alpha value is -0.400. The van der Waals surface area contributed by atoms with E-state index in [1.54, 1.807) is 11.9 Å². The van der Waals surface area contributed by atoms with Gasteiger partial charge in [0.15, 0.2) is 0 Å². The minimum atomic E-state index is -0.399. The monoisotopic (exact) mass is 396 g/mol. The van der Waals surface area contributed by atoms with Gasteiger partial charge in [-0.1, -0.05) is 11.6 Å². The number of amides is 1. The summed E-state index contributed by atoms with van der Waals surface area (Å²) in [5, 5.41) is 3.43. The third-order valence-corrected chi connectivity index (χ3v) is 4.52. The SMILES string of the molecule is CN(C(=O)c1cc(I)c(F)cc1Cl)[C@@H]1CCCNC1. The first-order valence-electron chi connectivity index (χ1n) is 6.13. The van der Waals surface area contributed by atoms with E-state index in [1.807, 2.05) is 22.6 Å². The second-order valence-corrected chi connectivity index (χ2v) is 6.23. The minimum Gasteiger partial charge on any atom is -0.337 e. The van der Waals surface area contributed by atoms with Crippen molar-refractivity contribution in [2.75, 3.05) is 20.1 Å². The van der Waals surface area contributed by atoms with Crippen molar-refractivity contribution in [2.45, 2.75) is 18.9 Å². The van der Waals surface area contributed by atoms with Crippen molar-refractivity contribution in [3.8, 4) is 0 Å². The number of likely N-dealkylation sites (N-methyl/N-ethyl adjacent to an activating group) is 1. The summed E-state index contributed by atoms with van der Waals surface area (Å²) >= 11 is 7.83. The van der Waals surface area contributed by atoms with Crippen LogP contribution in [0.25, 0.3) is 0 Å². The van der Waals surface area contributed by atoms with Gasteiger partial charge in [0.2, 0.25) is 0 Å². The summed E-state index contributed by atoms with van der Waals surface area (Å²) in [7, 11) is 1.77. The molecule has 0 bridgehead atoms. The maximum absolute atomic E-state index is 13.4. The van der Waals surface area contributed by atoms with Crippen LogP contribution in [-0.2, 0) is 0 Å². The van der Waals surface area contributed by atoms with Crippen LogP contribution >= 0.6 is 34.2 Å². The third-order valence-electron chi connectivity index (χ3n) is 3.38. The summed E-state index contributed by atoms with van der Waals surface area (Å²) in [5.41, 5.74) is 0.362. The summed E-state index contributed by atoms with van der Waals surface area (Å²) in [6.07, 6.45) is 2.03. The molecule has 1 saturated heterocycles. The Morgan fingerprint density at radius 1 is 1.58 bits per heavy atom. The smallest absolute Gasteiger partial charge is 0.255 e. The van der Waals surface area contributed by atoms with Gasteiger partial charge < -0.3 is 10.2 Å². The Morgan fingerprint density at radius 2 is 2.32 bits per heavy atom. The molecule has 0 aromatic heterocycles. The normalized spacial score (nSPS) is 19.3. The number of nitrogens with zero attached hydrogens (tertiary/aromatic N) is 1. The van der Waals surface area contributed by atoms with Crippen LogP contribution in [0.2, 0.25) is 5.02 Å². The minimum absolute atomic E-state index is 0.156.